The van der Waals surface area contributed by atoms with Crippen molar-refractivity contribution in [3.8, 4) is 0 Å². The standard InChI is InChI=1S/C20H22ClN3O3S/c1-14-4-2-6-18(12-14)22-23-20(25)15-5-3-7-19(13-15)28(26,27)24-17-10-8-16(21)9-11-17/h3,5,7-11,13-14,24H,2,4,6,12H2,1H3,(H,23,25)/b22-18-/t14-/m0/s1. The van der Waals surface area contributed by atoms with Gasteiger partial charge in [0.2, 0.25) is 0 Å². The molecule has 3 rings (SSSR count). The maximum atomic E-state index is 12.6. The molecule has 1 aliphatic carbocycles. The second-order valence-corrected chi connectivity index (χ2v) is 9.08. The van der Waals surface area contributed by atoms with Crippen LogP contribution in [0.3, 0.4) is 0 Å². The lowest BCUT2D eigenvalue weighted by molar-refractivity contribution is 0.0954. The van der Waals surface area contributed by atoms with Crippen molar-refractivity contribution in [3.05, 3.63) is 59.1 Å². The molecule has 8 heteroatoms. The van der Waals surface area contributed by atoms with Gasteiger partial charge in [-0.1, -0.05) is 24.6 Å². The summed E-state index contributed by atoms with van der Waals surface area (Å²) in [4.78, 5) is 12.4. The number of benzene rings is 2. The number of nitrogens with zero attached hydrogens (tertiary/aromatic N) is 1. The van der Waals surface area contributed by atoms with Gasteiger partial charge in [0.15, 0.2) is 0 Å². The number of hydrogen-bond acceptors (Lipinski definition) is 4. The number of nitrogens with one attached hydrogen (secondary N) is 2. The average Bonchev–Trinajstić information content (AvgIpc) is 2.68. The molecule has 0 aromatic heterocycles. The molecule has 0 heterocycles. The molecule has 2 aromatic rings. The Kier molecular flexibility index (Phi) is 6.36. The highest BCUT2D eigenvalue weighted by Gasteiger charge is 2.17. The Labute approximate surface area is 170 Å². The normalized spacial score (nSPS) is 18.6. The van der Waals surface area contributed by atoms with Crippen molar-refractivity contribution in [1.82, 2.24) is 5.43 Å². The van der Waals surface area contributed by atoms with Gasteiger partial charge < -0.3 is 0 Å². The quantitative estimate of drug-likeness (QED) is 0.702. The Hall–Kier alpha value is -2.38. The maximum Gasteiger partial charge on any atom is 0.271 e. The van der Waals surface area contributed by atoms with Crippen LogP contribution in [0.1, 0.15) is 43.0 Å². The highest BCUT2D eigenvalue weighted by atomic mass is 35.5. The van der Waals surface area contributed by atoms with E-state index in [1.165, 1.54) is 24.6 Å². The first-order chi connectivity index (χ1) is 13.3. The van der Waals surface area contributed by atoms with Gasteiger partial charge in [0.25, 0.3) is 15.9 Å². The first-order valence-electron chi connectivity index (χ1n) is 9.08. The zero-order valence-electron chi connectivity index (χ0n) is 15.5. The van der Waals surface area contributed by atoms with Crippen LogP contribution in [0, 0.1) is 5.92 Å². The van der Waals surface area contributed by atoms with Gasteiger partial charge in [-0.3, -0.25) is 9.52 Å². The number of amides is 1. The number of hydrazone groups is 1. The molecule has 1 saturated carbocycles. The van der Waals surface area contributed by atoms with Gasteiger partial charge >= 0.3 is 0 Å². The molecule has 1 amide bonds. The summed E-state index contributed by atoms with van der Waals surface area (Å²) in [5.74, 6) is 0.131. The minimum Gasteiger partial charge on any atom is -0.280 e. The Bertz CT molecular complexity index is 988. The highest BCUT2D eigenvalue weighted by Crippen LogP contribution is 2.21. The van der Waals surface area contributed by atoms with Crippen molar-refractivity contribution in [1.29, 1.82) is 0 Å². The van der Waals surface area contributed by atoms with Crippen molar-refractivity contribution in [2.24, 2.45) is 11.0 Å². The summed E-state index contributed by atoms with van der Waals surface area (Å²) in [5, 5.41) is 4.73. The topological polar surface area (TPSA) is 87.6 Å². The molecule has 1 atom stereocenters. The van der Waals surface area contributed by atoms with Crippen LogP contribution in [0.25, 0.3) is 0 Å². The van der Waals surface area contributed by atoms with Gasteiger partial charge in [0.1, 0.15) is 0 Å². The van der Waals surface area contributed by atoms with Gasteiger partial charge in [0, 0.05) is 22.0 Å². The summed E-state index contributed by atoms with van der Waals surface area (Å²) in [6.07, 6.45) is 4.00. The minimum absolute atomic E-state index is 0.00552. The van der Waals surface area contributed by atoms with Crippen molar-refractivity contribution in [3.63, 3.8) is 0 Å². The number of carbonyl (C=O) groups is 1. The third-order valence-corrected chi connectivity index (χ3v) is 6.20. The molecule has 1 aliphatic rings. The lowest BCUT2D eigenvalue weighted by Gasteiger charge is -2.18. The van der Waals surface area contributed by atoms with E-state index in [1.807, 2.05) is 0 Å². The molecule has 6 nitrogen and oxygen atoms in total. The average molecular weight is 420 g/mol. The van der Waals surface area contributed by atoms with E-state index in [1.54, 1.807) is 30.3 Å². The van der Waals surface area contributed by atoms with E-state index in [2.05, 4.69) is 22.2 Å². The minimum atomic E-state index is -3.83. The van der Waals surface area contributed by atoms with Gasteiger partial charge in [0.05, 0.1) is 4.90 Å². The second kappa shape index (κ2) is 8.75. The van der Waals surface area contributed by atoms with Crippen LogP contribution in [0.15, 0.2) is 58.5 Å². The summed E-state index contributed by atoms with van der Waals surface area (Å²) in [6, 6.07) is 12.2. The van der Waals surface area contributed by atoms with Gasteiger partial charge in [-0.2, -0.15) is 5.10 Å². The predicted molar refractivity (Wildman–Crippen MR) is 111 cm³/mol. The Morgan fingerprint density at radius 2 is 1.93 bits per heavy atom. The number of hydrogen-bond donors (Lipinski definition) is 2. The Morgan fingerprint density at radius 1 is 1.18 bits per heavy atom. The van der Waals surface area contributed by atoms with Crippen LogP contribution in [0.2, 0.25) is 5.02 Å². The summed E-state index contributed by atoms with van der Waals surface area (Å²) < 4.78 is 27.7. The molecule has 2 N–H and O–H groups in total. The highest BCUT2D eigenvalue weighted by molar-refractivity contribution is 7.92. The number of rotatable bonds is 5. The summed E-state index contributed by atoms with van der Waals surface area (Å²) in [7, 11) is -3.83. The molecular formula is C20H22ClN3O3S. The Morgan fingerprint density at radius 3 is 2.64 bits per heavy atom. The van der Waals surface area contributed by atoms with E-state index in [4.69, 9.17) is 11.6 Å². The van der Waals surface area contributed by atoms with Crippen molar-refractivity contribution in [2.45, 2.75) is 37.5 Å². The number of carbonyl (C=O) groups excluding carboxylic acids is 1. The van der Waals surface area contributed by atoms with Crippen LogP contribution in [0.4, 0.5) is 5.69 Å². The number of sulfonamides is 1. The third kappa shape index (κ3) is 5.33. The number of anilines is 1. The summed E-state index contributed by atoms with van der Waals surface area (Å²) in [6.45, 7) is 2.17. The van der Waals surface area contributed by atoms with Crippen LogP contribution < -0.4 is 10.1 Å². The van der Waals surface area contributed by atoms with Gasteiger partial charge in [-0.15, -0.1) is 0 Å². The van der Waals surface area contributed by atoms with Crippen molar-refractivity contribution in [2.75, 3.05) is 4.72 Å². The molecule has 0 bridgehead atoms. The molecule has 1 fully saturated rings. The zero-order chi connectivity index (χ0) is 20.1. The molecule has 0 aliphatic heterocycles. The van der Waals surface area contributed by atoms with E-state index < -0.39 is 15.9 Å². The van der Waals surface area contributed by atoms with Crippen molar-refractivity contribution >= 4 is 38.9 Å². The molecule has 148 valence electrons. The fourth-order valence-electron chi connectivity index (χ4n) is 3.09. The Balaban J connectivity index is 1.72. The first-order valence-corrected chi connectivity index (χ1v) is 10.9. The van der Waals surface area contributed by atoms with E-state index in [-0.39, 0.29) is 10.5 Å². The smallest absolute Gasteiger partial charge is 0.271 e. The molecule has 28 heavy (non-hydrogen) atoms. The maximum absolute atomic E-state index is 12.6. The fourth-order valence-corrected chi connectivity index (χ4v) is 4.32. The largest absolute Gasteiger partial charge is 0.280 e. The van der Waals surface area contributed by atoms with Crippen LogP contribution in [0.5, 0.6) is 0 Å². The SMILES string of the molecule is C[C@H]1CCC/C(=N/NC(=O)c2cccc(S(=O)(=O)Nc3ccc(Cl)cc3)c2)C1. The monoisotopic (exact) mass is 419 g/mol. The molecule has 0 spiro atoms. The molecular weight excluding hydrogens is 398 g/mol. The van der Waals surface area contributed by atoms with E-state index in [0.29, 0.717) is 16.6 Å². The molecule has 0 unspecified atom stereocenters. The fraction of sp³-hybridized carbons (Fsp3) is 0.300. The van der Waals surface area contributed by atoms with E-state index in [9.17, 15) is 13.2 Å². The van der Waals surface area contributed by atoms with Crippen LogP contribution in [-0.4, -0.2) is 20.0 Å². The first kappa shape index (κ1) is 20.4. The molecule has 2 aromatic carbocycles. The van der Waals surface area contributed by atoms with Gasteiger partial charge in [-0.25, -0.2) is 13.8 Å². The zero-order valence-corrected chi connectivity index (χ0v) is 17.1. The number of halogens is 1. The van der Waals surface area contributed by atoms with Gasteiger partial charge in [-0.05, 0) is 74.1 Å². The molecule has 0 saturated heterocycles. The third-order valence-electron chi connectivity index (χ3n) is 4.56. The summed E-state index contributed by atoms with van der Waals surface area (Å²) >= 11 is 5.82. The lowest BCUT2D eigenvalue weighted by Crippen LogP contribution is -2.22. The second-order valence-electron chi connectivity index (χ2n) is 6.96. The van der Waals surface area contributed by atoms with Crippen molar-refractivity contribution < 1.29 is 13.2 Å². The van der Waals surface area contributed by atoms with E-state index in [0.717, 1.165) is 25.0 Å². The van der Waals surface area contributed by atoms with Crippen LogP contribution in [-0.2, 0) is 10.0 Å². The van der Waals surface area contributed by atoms with E-state index >= 15 is 0 Å². The summed E-state index contributed by atoms with van der Waals surface area (Å²) in [5.41, 5.74) is 4.13. The molecule has 0 radical (unpaired) electrons. The lowest BCUT2D eigenvalue weighted by atomic mass is 9.89. The predicted octanol–water partition coefficient (Wildman–Crippen LogP) is 4.44. The van der Waals surface area contributed by atoms with Crippen LogP contribution >= 0.6 is 11.6 Å².